The van der Waals surface area contributed by atoms with E-state index in [2.05, 4.69) is 5.32 Å². The molecule has 1 atom stereocenters. The summed E-state index contributed by atoms with van der Waals surface area (Å²) in [5, 5.41) is 2.78. The van der Waals surface area contributed by atoms with Crippen molar-refractivity contribution < 1.29 is 27.5 Å². The first-order chi connectivity index (χ1) is 16.4. The summed E-state index contributed by atoms with van der Waals surface area (Å²) in [7, 11) is -3.82. The average Bonchev–Trinajstić information content (AvgIpc) is 2.87. The molecule has 0 saturated carbocycles. The molecule has 2 aliphatic heterocycles. The van der Waals surface area contributed by atoms with Crippen LogP contribution in [0.2, 0.25) is 0 Å². The summed E-state index contributed by atoms with van der Waals surface area (Å²) in [5.41, 5.74) is 0.531. The maximum Gasteiger partial charge on any atom is 0.243 e. The van der Waals surface area contributed by atoms with E-state index in [1.165, 1.54) is 21.3 Å². The Morgan fingerprint density at radius 1 is 1.06 bits per heavy atom. The molecule has 2 amide bonds. The summed E-state index contributed by atoms with van der Waals surface area (Å²) in [6, 6.07) is 12.4. The first kappa shape index (κ1) is 24.0. The third-order valence-corrected chi connectivity index (χ3v) is 7.86. The number of hydrogen-bond donors (Lipinski definition) is 1. The number of carbonyl (C=O) groups excluding carboxylic acids is 2. The second-order valence-electron chi connectivity index (χ2n) is 8.20. The van der Waals surface area contributed by atoms with Gasteiger partial charge in [-0.05, 0) is 44.0 Å². The minimum atomic E-state index is -3.82. The van der Waals surface area contributed by atoms with Crippen molar-refractivity contribution in [2.24, 2.45) is 0 Å². The van der Waals surface area contributed by atoms with Crippen LogP contribution < -0.4 is 14.8 Å². The second kappa shape index (κ2) is 10.4. The maximum absolute atomic E-state index is 13.4. The van der Waals surface area contributed by atoms with Crippen LogP contribution >= 0.6 is 0 Å². The highest BCUT2D eigenvalue weighted by Gasteiger charge is 2.39. The number of sulfonamides is 1. The van der Waals surface area contributed by atoms with E-state index >= 15 is 0 Å². The highest BCUT2D eigenvalue weighted by atomic mass is 32.2. The van der Waals surface area contributed by atoms with Crippen molar-refractivity contribution >= 4 is 27.5 Å². The molecule has 0 aliphatic carbocycles. The molecule has 4 rings (SSSR count). The van der Waals surface area contributed by atoms with E-state index < -0.39 is 16.1 Å². The Hall–Kier alpha value is -3.11. The van der Waals surface area contributed by atoms with E-state index in [4.69, 9.17) is 9.47 Å². The van der Waals surface area contributed by atoms with E-state index in [1.807, 2.05) is 0 Å². The Balaban J connectivity index is 1.46. The van der Waals surface area contributed by atoms with E-state index in [1.54, 1.807) is 43.3 Å². The van der Waals surface area contributed by atoms with Crippen molar-refractivity contribution in [3.8, 4) is 11.5 Å². The van der Waals surface area contributed by atoms with Gasteiger partial charge in [0.2, 0.25) is 21.8 Å². The van der Waals surface area contributed by atoms with Gasteiger partial charge >= 0.3 is 0 Å². The van der Waals surface area contributed by atoms with Crippen molar-refractivity contribution in [2.75, 3.05) is 38.2 Å². The van der Waals surface area contributed by atoms with Gasteiger partial charge in [0, 0.05) is 24.8 Å². The van der Waals surface area contributed by atoms with Gasteiger partial charge < -0.3 is 19.7 Å². The monoisotopic (exact) mass is 487 g/mol. The zero-order chi connectivity index (χ0) is 24.1. The summed E-state index contributed by atoms with van der Waals surface area (Å²) in [6.07, 6.45) is 1.86. The topological polar surface area (TPSA) is 105 Å². The Morgan fingerprint density at radius 3 is 2.53 bits per heavy atom. The number of carbonyl (C=O) groups is 2. The average molecular weight is 488 g/mol. The molecule has 9 nitrogen and oxygen atoms in total. The number of nitrogens with one attached hydrogen (secondary N) is 1. The summed E-state index contributed by atoms with van der Waals surface area (Å²) in [5.74, 6) is 0.433. The third kappa shape index (κ3) is 5.18. The number of ether oxygens (including phenoxy) is 2. The lowest BCUT2D eigenvalue weighted by molar-refractivity contribution is -0.138. The van der Waals surface area contributed by atoms with Gasteiger partial charge in [-0.15, -0.1) is 0 Å². The predicted octanol–water partition coefficient (Wildman–Crippen LogP) is 2.49. The van der Waals surface area contributed by atoms with Crippen LogP contribution in [-0.4, -0.2) is 68.3 Å². The van der Waals surface area contributed by atoms with E-state index in [-0.39, 0.29) is 36.3 Å². The number of fused-ring (bicyclic) bond motifs is 1. The predicted molar refractivity (Wildman–Crippen MR) is 126 cm³/mol. The van der Waals surface area contributed by atoms with E-state index in [0.29, 0.717) is 43.2 Å². The fourth-order valence-corrected chi connectivity index (χ4v) is 5.89. The van der Waals surface area contributed by atoms with Crippen molar-refractivity contribution in [3.63, 3.8) is 0 Å². The van der Waals surface area contributed by atoms with Crippen molar-refractivity contribution in [1.29, 1.82) is 0 Å². The van der Waals surface area contributed by atoms with Crippen LogP contribution in [0.15, 0.2) is 53.4 Å². The largest absolute Gasteiger partial charge is 0.486 e. The van der Waals surface area contributed by atoms with Gasteiger partial charge in [-0.3, -0.25) is 9.59 Å². The third-order valence-electron chi connectivity index (χ3n) is 5.94. The number of likely N-dealkylation sites (N-methyl/N-ethyl adjacent to an activating group) is 1. The zero-order valence-electron chi connectivity index (χ0n) is 19.1. The van der Waals surface area contributed by atoms with Crippen LogP contribution in [0.5, 0.6) is 11.5 Å². The lowest BCUT2D eigenvalue weighted by Crippen LogP contribution is -2.54. The highest BCUT2D eigenvalue weighted by Crippen LogP contribution is 2.32. The molecular weight excluding hydrogens is 458 g/mol. The summed E-state index contributed by atoms with van der Waals surface area (Å²) in [6.45, 7) is 3.06. The standard InChI is InChI=1S/C24H29N3O6S/c1-2-26(17-23(28)25-18-11-12-21-22(16-18)33-15-14-32-21)24(29)20-10-6-7-13-27(20)34(30,31)19-8-4-3-5-9-19/h3-5,8-9,11-12,16,20H,2,6-7,10,13-15,17H2,1H3,(H,25,28). The zero-order valence-corrected chi connectivity index (χ0v) is 19.9. The fourth-order valence-electron chi connectivity index (χ4n) is 4.22. The molecule has 2 aromatic rings. The number of rotatable bonds is 7. The number of benzene rings is 2. The molecule has 1 fully saturated rings. The van der Waals surface area contributed by atoms with Crippen molar-refractivity contribution in [3.05, 3.63) is 48.5 Å². The minimum Gasteiger partial charge on any atom is -0.486 e. The first-order valence-corrected chi connectivity index (χ1v) is 12.9. The molecule has 2 aliphatic rings. The number of anilines is 1. The Labute approximate surface area is 199 Å². The van der Waals surface area contributed by atoms with Crippen molar-refractivity contribution in [1.82, 2.24) is 9.21 Å². The van der Waals surface area contributed by atoms with Gasteiger partial charge in [-0.1, -0.05) is 24.6 Å². The highest BCUT2D eigenvalue weighted by molar-refractivity contribution is 7.89. The van der Waals surface area contributed by atoms with Crippen LogP contribution in [0.3, 0.4) is 0 Å². The van der Waals surface area contributed by atoms with E-state index in [9.17, 15) is 18.0 Å². The molecule has 0 spiro atoms. The SMILES string of the molecule is CCN(CC(=O)Nc1ccc2c(c1)OCCO2)C(=O)C1CCCCN1S(=O)(=O)c1ccccc1. The van der Waals surface area contributed by atoms with Gasteiger partial charge in [-0.25, -0.2) is 8.42 Å². The van der Waals surface area contributed by atoms with Gasteiger partial charge in [0.1, 0.15) is 19.3 Å². The normalized spacial score (nSPS) is 18.2. The summed E-state index contributed by atoms with van der Waals surface area (Å²) in [4.78, 5) is 27.7. The Kier molecular flexibility index (Phi) is 7.38. The molecule has 34 heavy (non-hydrogen) atoms. The molecule has 1 saturated heterocycles. The Morgan fingerprint density at radius 2 is 1.79 bits per heavy atom. The van der Waals surface area contributed by atoms with E-state index in [0.717, 1.165) is 6.42 Å². The molecule has 0 aromatic heterocycles. The van der Waals surface area contributed by atoms with Crippen LogP contribution in [-0.2, 0) is 19.6 Å². The second-order valence-corrected chi connectivity index (χ2v) is 10.1. The molecule has 182 valence electrons. The smallest absolute Gasteiger partial charge is 0.243 e. The summed E-state index contributed by atoms with van der Waals surface area (Å²) < 4.78 is 38.8. The van der Waals surface area contributed by atoms with Gasteiger partial charge in [-0.2, -0.15) is 4.31 Å². The van der Waals surface area contributed by atoms with Crippen molar-refractivity contribution in [2.45, 2.75) is 37.1 Å². The van der Waals surface area contributed by atoms with Crippen LogP contribution in [0.1, 0.15) is 26.2 Å². The number of amides is 2. The Bertz CT molecular complexity index is 1140. The minimum absolute atomic E-state index is 0.161. The molecule has 1 N–H and O–H groups in total. The summed E-state index contributed by atoms with van der Waals surface area (Å²) >= 11 is 0. The fraction of sp³-hybridized carbons (Fsp3) is 0.417. The van der Waals surface area contributed by atoms with Crippen LogP contribution in [0.4, 0.5) is 5.69 Å². The molecule has 0 bridgehead atoms. The lowest BCUT2D eigenvalue weighted by Gasteiger charge is -2.36. The molecule has 10 heteroatoms. The quantitative estimate of drug-likeness (QED) is 0.643. The lowest BCUT2D eigenvalue weighted by atomic mass is 10.0. The van der Waals surface area contributed by atoms with Gasteiger partial charge in [0.15, 0.2) is 11.5 Å². The molecule has 1 unspecified atom stereocenters. The van der Waals surface area contributed by atoms with Crippen LogP contribution in [0.25, 0.3) is 0 Å². The molecule has 0 radical (unpaired) electrons. The number of hydrogen-bond acceptors (Lipinski definition) is 6. The molecular formula is C24H29N3O6S. The number of piperidine rings is 1. The first-order valence-electron chi connectivity index (χ1n) is 11.5. The van der Waals surface area contributed by atoms with Gasteiger partial charge in [0.25, 0.3) is 0 Å². The van der Waals surface area contributed by atoms with Crippen LogP contribution in [0, 0.1) is 0 Å². The maximum atomic E-state index is 13.4. The molecule has 2 aromatic carbocycles. The molecule has 2 heterocycles. The number of nitrogens with zero attached hydrogens (tertiary/aromatic N) is 2. The van der Waals surface area contributed by atoms with Gasteiger partial charge in [0.05, 0.1) is 11.4 Å².